The van der Waals surface area contributed by atoms with Crippen LogP contribution in [0.4, 0.5) is 0 Å². The Hall–Kier alpha value is -1.63. The largest absolute Gasteiger partial charge is 0.488 e. The van der Waals surface area contributed by atoms with Crippen molar-refractivity contribution in [2.45, 2.75) is 57.0 Å². The van der Waals surface area contributed by atoms with Crippen LogP contribution >= 0.6 is 11.6 Å². The van der Waals surface area contributed by atoms with Crippen LogP contribution in [0.25, 0.3) is 0 Å². The summed E-state index contributed by atoms with van der Waals surface area (Å²) in [5.74, 6) is 0.821. The van der Waals surface area contributed by atoms with Gasteiger partial charge >= 0.3 is 0 Å². The number of rotatable bonds is 9. The quantitative estimate of drug-likeness (QED) is 0.615. The number of halogens is 1. The summed E-state index contributed by atoms with van der Waals surface area (Å²) in [6, 6.07) is 13.9. The van der Waals surface area contributed by atoms with E-state index >= 15 is 0 Å². The molecule has 2 aromatic carbocycles. The van der Waals surface area contributed by atoms with Crippen LogP contribution in [0.5, 0.6) is 5.75 Å². The van der Waals surface area contributed by atoms with Gasteiger partial charge in [-0.2, -0.15) is 0 Å². The lowest BCUT2D eigenvalue weighted by Gasteiger charge is -2.32. The second kappa shape index (κ2) is 11.1. The molecule has 0 bridgehead atoms. The zero-order valence-electron chi connectivity index (χ0n) is 17.6. The average Bonchev–Trinajstić information content (AvgIpc) is 2.75. The summed E-state index contributed by atoms with van der Waals surface area (Å²) in [6.45, 7) is 2.55. The first-order chi connectivity index (χ1) is 14.5. The number of methoxy groups -OCH3 is 1. The molecule has 0 spiro atoms. The van der Waals surface area contributed by atoms with Gasteiger partial charge in [0.1, 0.15) is 11.9 Å². The van der Waals surface area contributed by atoms with Gasteiger partial charge in [0.15, 0.2) is 0 Å². The molecule has 0 amide bonds. The SMILES string of the molecule is CCC(COC)Oc1ccc(Cc2cc(C3CC(O)CC(CO)O3)ccc2Cl)cc1. The predicted octanol–water partition coefficient (Wildman–Crippen LogP) is 4.31. The number of hydrogen-bond donors (Lipinski definition) is 2. The van der Waals surface area contributed by atoms with Crippen molar-refractivity contribution in [2.75, 3.05) is 20.3 Å². The van der Waals surface area contributed by atoms with Crippen LogP contribution in [0.3, 0.4) is 0 Å². The van der Waals surface area contributed by atoms with E-state index in [1.165, 1.54) is 0 Å². The Morgan fingerprint density at radius 1 is 1.17 bits per heavy atom. The molecule has 2 aromatic rings. The van der Waals surface area contributed by atoms with E-state index in [0.717, 1.165) is 28.9 Å². The van der Waals surface area contributed by atoms with Crippen LogP contribution in [0.2, 0.25) is 5.02 Å². The first-order valence-electron chi connectivity index (χ1n) is 10.5. The maximum atomic E-state index is 10.1. The van der Waals surface area contributed by atoms with Gasteiger partial charge in [0.25, 0.3) is 0 Å². The van der Waals surface area contributed by atoms with Crippen molar-refractivity contribution >= 4 is 11.6 Å². The van der Waals surface area contributed by atoms with E-state index in [0.29, 0.717) is 30.9 Å². The summed E-state index contributed by atoms with van der Waals surface area (Å²) in [6.07, 6.45) is 1.53. The van der Waals surface area contributed by atoms with Gasteiger partial charge in [-0.1, -0.05) is 42.8 Å². The molecule has 4 atom stereocenters. The molecule has 2 N–H and O–H groups in total. The van der Waals surface area contributed by atoms with Gasteiger partial charge in [-0.3, -0.25) is 0 Å². The summed E-state index contributed by atoms with van der Waals surface area (Å²) < 4.78 is 17.1. The molecular weight excluding hydrogens is 404 g/mol. The van der Waals surface area contributed by atoms with Crippen molar-refractivity contribution in [3.05, 3.63) is 64.2 Å². The minimum absolute atomic E-state index is 0.0422. The Balaban J connectivity index is 1.70. The van der Waals surface area contributed by atoms with Crippen molar-refractivity contribution < 1.29 is 24.4 Å². The number of ether oxygens (including phenoxy) is 3. The fourth-order valence-electron chi connectivity index (χ4n) is 3.77. The third-order valence-corrected chi connectivity index (χ3v) is 5.82. The van der Waals surface area contributed by atoms with E-state index in [4.69, 9.17) is 25.8 Å². The normalized spacial score (nSPS) is 22.6. The van der Waals surface area contributed by atoms with Crippen molar-refractivity contribution in [1.29, 1.82) is 0 Å². The van der Waals surface area contributed by atoms with Crippen LogP contribution in [-0.4, -0.2) is 48.8 Å². The standard InChI is InChI=1S/C24H31ClO5/c1-3-20(15-28-2)29-21-7-4-16(5-8-21)10-18-11-17(6-9-23(18)25)24-13-19(27)12-22(14-26)30-24/h4-9,11,19-20,22,24,26-27H,3,10,12-15H2,1-2H3. The molecule has 1 aliphatic rings. The van der Waals surface area contributed by atoms with Crippen LogP contribution in [-0.2, 0) is 15.9 Å². The molecule has 30 heavy (non-hydrogen) atoms. The maximum absolute atomic E-state index is 10.1. The summed E-state index contributed by atoms with van der Waals surface area (Å²) in [5.41, 5.74) is 3.09. The lowest BCUT2D eigenvalue weighted by atomic mass is 9.94. The van der Waals surface area contributed by atoms with Crippen LogP contribution in [0.1, 0.15) is 49.0 Å². The van der Waals surface area contributed by atoms with Gasteiger partial charge in [0.05, 0.1) is 31.5 Å². The van der Waals surface area contributed by atoms with E-state index in [1.54, 1.807) is 7.11 Å². The monoisotopic (exact) mass is 434 g/mol. The molecule has 4 unspecified atom stereocenters. The molecule has 1 heterocycles. The predicted molar refractivity (Wildman–Crippen MR) is 117 cm³/mol. The Morgan fingerprint density at radius 3 is 2.60 bits per heavy atom. The molecule has 0 saturated carbocycles. The number of hydrogen-bond acceptors (Lipinski definition) is 5. The van der Waals surface area contributed by atoms with Gasteiger partial charge in [0, 0.05) is 25.0 Å². The van der Waals surface area contributed by atoms with Crippen LogP contribution < -0.4 is 4.74 Å². The Labute approximate surface area is 183 Å². The fourth-order valence-corrected chi connectivity index (χ4v) is 3.96. The lowest BCUT2D eigenvalue weighted by Crippen LogP contribution is -2.33. The summed E-state index contributed by atoms with van der Waals surface area (Å²) in [4.78, 5) is 0. The topological polar surface area (TPSA) is 68.2 Å². The average molecular weight is 435 g/mol. The minimum atomic E-state index is -0.474. The molecule has 3 rings (SSSR count). The summed E-state index contributed by atoms with van der Waals surface area (Å²) in [7, 11) is 1.68. The van der Waals surface area contributed by atoms with Crippen molar-refractivity contribution in [3.63, 3.8) is 0 Å². The highest BCUT2D eigenvalue weighted by Gasteiger charge is 2.29. The maximum Gasteiger partial charge on any atom is 0.122 e. The van der Waals surface area contributed by atoms with Crippen molar-refractivity contribution in [1.82, 2.24) is 0 Å². The van der Waals surface area contributed by atoms with E-state index < -0.39 is 6.10 Å². The summed E-state index contributed by atoms with van der Waals surface area (Å²) in [5, 5.41) is 20.2. The van der Waals surface area contributed by atoms with E-state index in [1.807, 2.05) is 42.5 Å². The van der Waals surface area contributed by atoms with Gasteiger partial charge in [0.2, 0.25) is 0 Å². The molecule has 1 aliphatic heterocycles. The lowest BCUT2D eigenvalue weighted by molar-refractivity contribution is -0.113. The summed E-state index contributed by atoms with van der Waals surface area (Å²) >= 11 is 6.45. The number of aliphatic hydroxyl groups is 2. The van der Waals surface area contributed by atoms with E-state index in [9.17, 15) is 10.2 Å². The molecule has 164 valence electrons. The molecular formula is C24H31ClO5. The first kappa shape index (κ1) is 23.0. The number of benzene rings is 2. The van der Waals surface area contributed by atoms with Gasteiger partial charge in [-0.15, -0.1) is 0 Å². The highest BCUT2D eigenvalue weighted by molar-refractivity contribution is 6.31. The first-order valence-corrected chi connectivity index (χ1v) is 10.9. The molecule has 5 nitrogen and oxygen atoms in total. The zero-order chi connectivity index (χ0) is 21.5. The van der Waals surface area contributed by atoms with Gasteiger partial charge in [-0.25, -0.2) is 0 Å². The Kier molecular flexibility index (Phi) is 8.54. The molecule has 0 aromatic heterocycles. The zero-order valence-corrected chi connectivity index (χ0v) is 18.3. The second-order valence-electron chi connectivity index (χ2n) is 7.83. The smallest absolute Gasteiger partial charge is 0.122 e. The van der Waals surface area contributed by atoms with E-state index in [2.05, 4.69) is 6.92 Å². The van der Waals surface area contributed by atoms with Crippen molar-refractivity contribution in [3.8, 4) is 5.75 Å². The Bertz CT molecular complexity index is 795. The van der Waals surface area contributed by atoms with E-state index in [-0.39, 0.29) is 24.9 Å². The third-order valence-electron chi connectivity index (χ3n) is 5.45. The Morgan fingerprint density at radius 2 is 1.93 bits per heavy atom. The molecule has 0 aliphatic carbocycles. The second-order valence-corrected chi connectivity index (χ2v) is 8.24. The number of aliphatic hydroxyl groups excluding tert-OH is 2. The van der Waals surface area contributed by atoms with Gasteiger partial charge < -0.3 is 24.4 Å². The van der Waals surface area contributed by atoms with Crippen LogP contribution in [0, 0.1) is 0 Å². The van der Waals surface area contributed by atoms with Gasteiger partial charge in [-0.05, 0) is 47.7 Å². The highest BCUT2D eigenvalue weighted by Crippen LogP contribution is 2.33. The molecule has 1 fully saturated rings. The third kappa shape index (κ3) is 6.19. The molecule has 1 saturated heterocycles. The fraction of sp³-hybridized carbons (Fsp3) is 0.500. The van der Waals surface area contributed by atoms with Crippen LogP contribution in [0.15, 0.2) is 42.5 Å². The minimum Gasteiger partial charge on any atom is -0.488 e. The molecule has 6 heteroatoms. The molecule has 0 radical (unpaired) electrons. The highest BCUT2D eigenvalue weighted by atomic mass is 35.5. The van der Waals surface area contributed by atoms with Crippen molar-refractivity contribution in [2.24, 2.45) is 0 Å².